The molecular weight excluding hydrogens is 442 g/mol. The van der Waals surface area contributed by atoms with E-state index in [1.54, 1.807) is 24.2 Å². The van der Waals surface area contributed by atoms with Crippen molar-refractivity contribution in [3.05, 3.63) is 81.0 Å². The third-order valence-corrected chi connectivity index (χ3v) is 5.31. The average Bonchev–Trinajstić information content (AvgIpc) is 3.06. The Morgan fingerprint density at radius 3 is 2.79 bits per heavy atom. The Hall–Kier alpha value is -2.31. The average molecular weight is 463 g/mol. The highest BCUT2D eigenvalue weighted by molar-refractivity contribution is 9.10. The second-order valence-corrected chi connectivity index (χ2v) is 7.60. The van der Waals surface area contributed by atoms with E-state index >= 15 is 0 Å². The zero-order valence-corrected chi connectivity index (χ0v) is 18.1. The van der Waals surface area contributed by atoms with Crippen LogP contribution in [0.25, 0.3) is 0 Å². The van der Waals surface area contributed by atoms with Crippen LogP contribution < -0.4 is 4.74 Å². The van der Waals surface area contributed by atoms with Crippen LogP contribution in [0, 0.1) is 0 Å². The highest BCUT2D eigenvalue weighted by Crippen LogP contribution is 2.24. The van der Waals surface area contributed by atoms with E-state index in [1.807, 2.05) is 54.1 Å². The molecule has 0 unspecified atom stereocenters. The summed E-state index contributed by atoms with van der Waals surface area (Å²) >= 11 is 9.63. The summed E-state index contributed by atoms with van der Waals surface area (Å²) in [5.74, 6) is 0.561. The number of para-hydroxylation sites is 1. The normalized spacial score (nSPS) is 10.7. The fraction of sp³-hybridized carbons (Fsp3) is 0.238. The molecular formula is C21H21BrClN3O2. The molecule has 146 valence electrons. The molecule has 7 heteroatoms. The van der Waals surface area contributed by atoms with Gasteiger partial charge in [0.2, 0.25) is 0 Å². The molecule has 5 nitrogen and oxygen atoms in total. The zero-order valence-electron chi connectivity index (χ0n) is 15.7. The van der Waals surface area contributed by atoms with Gasteiger partial charge in [0.1, 0.15) is 12.4 Å². The Kier molecular flexibility index (Phi) is 6.75. The second-order valence-electron chi connectivity index (χ2n) is 6.34. The van der Waals surface area contributed by atoms with Gasteiger partial charge in [0.25, 0.3) is 5.91 Å². The van der Waals surface area contributed by atoms with E-state index in [0.717, 1.165) is 22.3 Å². The Labute approximate surface area is 178 Å². The van der Waals surface area contributed by atoms with Crippen LogP contribution >= 0.6 is 27.5 Å². The highest BCUT2D eigenvalue weighted by atomic mass is 79.9. The van der Waals surface area contributed by atoms with Gasteiger partial charge in [0.15, 0.2) is 0 Å². The first-order valence-corrected chi connectivity index (χ1v) is 10.1. The number of benzene rings is 2. The number of carbonyl (C=O) groups is 1. The number of ether oxygens (including phenoxy) is 1. The Morgan fingerprint density at radius 2 is 2.04 bits per heavy atom. The van der Waals surface area contributed by atoms with Crippen LogP contribution in [0.3, 0.4) is 0 Å². The number of halogens is 2. The number of amides is 1. The lowest BCUT2D eigenvalue weighted by Crippen LogP contribution is -2.27. The molecule has 0 atom stereocenters. The first-order valence-electron chi connectivity index (χ1n) is 8.91. The summed E-state index contributed by atoms with van der Waals surface area (Å²) in [5.41, 5.74) is 2.48. The maximum Gasteiger partial charge on any atom is 0.253 e. The van der Waals surface area contributed by atoms with E-state index in [1.165, 1.54) is 0 Å². The summed E-state index contributed by atoms with van der Waals surface area (Å²) < 4.78 is 8.55. The summed E-state index contributed by atoms with van der Waals surface area (Å²) in [7, 11) is 1.79. The zero-order chi connectivity index (χ0) is 20.1. The second kappa shape index (κ2) is 9.26. The van der Waals surface area contributed by atoms with Crippen molar-refractivity contribution < 1.29 is 9.53 Å². The van der Waals surface area contributed by atoms with Crippen molar-refractivity contribution in [1.82, 2.24) is 14.7 Å². The Bertz CT molecular complexity index is 974. The minimum Gasteiger partial charge on any atom is -0.487 e. The van der Waals surface area contributed by atoms with E-state index in [9.17, 15) is 4.79 Å². The Morgan fingerprint density at radius 1 is 1.25 bits per heavy atom. The van der Waals surface area contributed by atoms with E-state index in [4.69, 9.17) is 16.3 Å². The van der Waals surface area contributed by atoms with Crippen LogP contribution in [-0.4, -0.2) is 27.6 Å². The molecule has 0 radical (unpaired) electrons. The molecule has 0 bridgehead atoms. The van der Waals surface area contributed by atoms with E-state index < -0.39 is 0 Å². The smallest absolute Gasteiger partial charge is 0.253 e. The van der Waals surface area contributed by atoms with Crippen LogP contribution in [0.2, 0.25) is 5.02 Å². The molecule has 0 fully saturated rings. The molecule has 0 aliphatic carbocycles. The van der Waals surface area contributed by atoms with E-state index in [2.05, 4.69) is 21.0 Å². The van der Waals surface area contributed by atoms with Gasteiger partial charge in [-0.15, -0.1) is 0 Å². The number of hydrogen-bond donors (Lipinski definition) is 0. The molecule has 0 aliphatic heterocycles. The third kappa shape index (κ3) is 4.75. The number of nitrogens with zero attached hydrogens (tertiary/aromatic N) is 3. The minimum atomic E-state index is -0.0599. The number of rotatable bonds is 7. The lowest BCUT2D eigenvalue weighted by molar-refractivity contribution is 0.0781. The summed E-state index contributed by atoms with van der Waals surface area (Å²) in [5, 5.41) is 4.86. The molecule has 0 aliphatic rings. The molecule has 28 heavy (non-hydrogen) atoms. The predicted octanol–water partition coefficient (Wildman–Crippen LogP) is 5.17. The maximum atomic E-state index is 12.9. The Balaban J connectivity index is 1.69. The number of aromatic nitrogens is 2. The van der Waals surface area contributed by atoms with Crippen molar-refractivity contribution in [2.45, 2.75) is 26.6 Å². The quantitative estimate of drug-likeness (QED) is 0.487. The topological polar surface area (TPSA) is 47.4 Å². The maximum absolute atomic E-state index is 12.9. The van der Waals surface area contributed by atoms with E-state index in [-0.39, 0.29) is 5.91 Å². The lowest BCUT2D eigenvalue weighted by Gasteiger charge is -2.19. The van der Waals surface area contributed by atoms with Gasteiger partial charge in [-0.2, -0.15) is 5.10 Å². The monoisotopic (exact) mass is 461 g/mol. The highest BCUT2D eigenvalue weighted by Gasteiger charge is 2.16. The predicted molar refractivity (Wildman–Crippen MR) is 114 cm³/mol. The van der Waals surface area contributed by atoms with Crippen LogP contribution in [0.4, 0.5) is 0 Å². The molecule has 2 aromatic carbocycles. The minimum absolute atomic E-state index is 0.0599. The van der Waals surface area contributed by atoms with Crippen molar-refractivity contribution in [1.29, 1.82) is 0 Å². The third-order valence-electron chi connectivity index (χ3n) is 4.34. The fourth-order valence-electron chi connectivity index (χ4n) is 2.85. The fourth-order valence-corrected chi connectivity index (χ4v) is 3.46. The summed E-state index contributed by atoms with van der Waals surface area (Å²) in [6.07, 6.45) is 1.75. The molecule has 1 heterocycles. The van der Waals surface area contributed by atoms with Crippen LogP contribution in [0.15, 0.2) is 59.2 Å². The van der Waals surface area contributed by atoms with Crippen molar-refractivity contribution in [2.75, 3.05) is 7.05 Å². The SMILES string of the molecule is CCn1ncc(Br)c1CN(C)C(=O)c1cccc(COc2ccccc2Cl)c1. The van der Waals surface area contributed by atoms with Gasteiger partial charge < -0.3 is 9.64 Å². The molecule has 1 amide bonds. The first-order chi connectivity index (χ1) is 13.5. The molecule has 3 aromatic rings. The summed E-state index contributed by atoms with van der Waals surface area (Å²) in [6, 6.07) is 14.8. The van der Waals surface area contributed by atoms with Crippen molar-refractivity contribution in [2.24, 2.45) is 0 Å². The first kappa shape index (κ1) is 20.4. The van der Waals surface area contributed by atoms with Gasteiger partial charge in [-0.3, -0.25) is 9.48 Å². The van der Waals surface area contributed by atoms with Gasteiger partial charge in [0.05, 0.1) is 27.9 Å². The van der Waals surface area contributed by atoms with Gasteiger partial charge in [-0.05, 0) is 52.7 Å². The van der Waals surface area contributed by atoms with Crippen molar-refractivity contribution in [3.8, 4) is 5.75 Å². The van der Waals surface area contributed by atoms with Crippen LogP contribution in [0.5, 0.6) is 5.75 Å². The molecule has 0 N–H and O–H groups in total. The van der Waals surface area contributed by atoms with Crippen molar-refractivity contribution in [3.63, 3.8) is 0 Å². The summed E-state index contributed by atoms with van der Waals surface area (Å²) in [4.78, 5) is 14.6. The molecule has 0 spiro atoms. The molecule has 1 aromatic heterocycles. The lowest BCUT2D eigenvalue weighted by atomic mass is 10.1. The van der Waals surface area contributed by atoms with Crippen LogP contribution in [0.1, 0.15) is 28.5 Å². The van der Waals surface area contributed by atoms with Gasteiger partial charge >= 0.3 is 0 Å². The van der Waals surface area contributed by atoms with Gasteiger partial charge in [0, 0.05) is 19.2 Å². The van der Waals surface area contributed by atoms with Gasteiger partial charge in [-0.1, -0.05) is 35.9 Å². The van der Waals surface area contributed by atoms with Gasteiger partial charge in [-0.25, -0.2) is 0 Å². The van der Waals surface area contributed by atoms with Crippen molar-refractivity contribution >= 4 is 33.4 Å². The number of aryl methyl sites for hydroxylation is 1. The van der Waals surface area contributed by atoms with Crippen LogP contribution in [-0.2, 0) is 19.7 Å². The largest absolute Gasteiger partial charge is 0.487 e. The molecule has 0 saturated heterocycles. The summed E-state index contributed by atoms with van der Waals surface area (Å²) in [6.45, 7) is 3.57. The van der Waals surface area contributed by atoms with E-state index in [0.29, 0.717) is 29.5 Å². The number of hydrogen-bond acceptors (Lipinski definition) is 3. The standard InChI is InChI=1S/C21H21BrClN3O2/c1-3-26-19(17(22)12-24-26)13-25(2)21(27)16-8-6-7-15(11-16)14-28-20-10-5-4-9-18(20)23/h4-12H,3,13-14H2,1-2H3. The molecule has 0 saturated carbocycles. The molecule has 3 rings (SSSR count). The number of carbonyl (C=O) groups excluding carboxylic acids is 1.